The number of carbonyl (C=O) groups is 1. The standard InChI is InChI=1S/C22H24F3N5O3/c1-32-17-6-7-18-19(12-17)28-20(27-18)13-29-8-10-30(11-9-29)14-21(31)26-15-2-4-16(5-3-15)33-22(23,24)25/h2-7,12H,8-11,13-14H2,1H3,(H,26,31)(H,27,28). The van der Waals surface area contributed by atoms with Crippen molar-refractivity contribution in [2.75, 3.05) is 45.2 Å². The highest BCUT2D eigenvalue weighted by Crippen LogP contribution is 2.24. The second-order valence-corrected chi connectivity index (χ2v) is 7.74. The van der Waals surface area contributed by atoms with Crippen LogP contribution in [0.15, 0.2) is 42.5 Å². The van der Waals surface area contributed by atoms with Gasteiger partial charge in [0.05, 0.1) is 31.2 Å². The van der Waals surface area contributed by atoms with Gasteiger partial charge in [0.2, 0.25) is 5.91 Å². The van der Waals surface area contributed by atoms with Gasteiger partial charge in [-0.2, -0.15) is 0 Å². The second-order valence-electron chi connectivity index (χ2n) is 7.74. The Bertz CT molecular complexity index is 1090. The van der Waals surface area contributed by atoms with Crippen LogP contribution >= 0.6 is 0 Å². The SMILES string of the molecule is COc1ccc2nc(CN3CCN(CC(=O)Nc4ccc(OC(F)(F)F)cc4)CC3)[nH]c2c1. The molecule has 1 aliphatic heterocycles. The lowest BCUT2D eigenvalue weighted by Crippen LogP contribution is -2.48. The lowest BCUT2D eigenvalue weighted by Gasteiger charge is -2.33. The van der Waals surface area contributed by atoms with Gasteiger partial charge in [0.15, 0.2) is 0 Å². The lowest BCUT2D eigenvalue weighted by molar-refractivity contribution is -0.274. The van der Waals surface area contributed by atoms with Crippen molar-refractivity contribution in [1.82, 2.24) is 19.8 Å². The Balaban J connectivity index is 1.22. The van der Waals surface area contributed by atoms with Gasteiger partial charge >= 0.3 is 6.36 Å². The fourth-order valence-electron chi connectivity index (χ4n) is 3.70. The van der Waals surface area contributed by atoms with Gasteiger partial charge in [0, 0.05) is 37.9 Å². The predicted molar refractivity (Wildman–Crippen MR) is 116 cm³/mol. The molecule has 3 aromatic rings. The Kier molecular flexibility index (Phi) is 6.70. The highest BCUT2D eigenvalue weighted by molar-refractivity contribution is 5.92. The van der Waals surface area contributed by atoms with E-state index in [4.69, 9.17) is 4.74 Å². The number of nitrogens with zero attached hydrogens (tertiary/aromatic N) is 3. The summed E-state index contributed by atoms with van der Waals surface area (Å²) in [7, 11) is 1.63. The summed E-state index contributed by atoms with van der Waals surface area (Å²) in [6.07, 6.45) is -4.75. The van der Waals surface area contributed by atoms with E-state index in [1.54, 1.807) is 7.11 Å². The van der Waals surface area contributed by atoms with Gasteiger partial charge in [-0.05, 0) is 36.4 Å². The van der Waals surface area contributed by atoms with E-state index < -0.39 is 6.36 Å². The van der Waals surface area contributed by atoms with Crippen LogP contribution < -0.4 is 14.8 Å². The molecule has 2 aromatic carbocycles. The Morgan fingerprint density at radius 2 is 1.73 bits per heavy atom. The molecule has 0 unspecified atom stereocenters. The number of carbonyl (C=O) groups excluding carboxylic acids is 1. The Morgan fingerprint density at radius 1 is 1.06 bits per heavy atom. The number of imidazole rings is 1. The van der Waals surface area contributed by atoms with Crippen molar-refractivity contribution in [3.63, 3.8) is 0 Å². The number of anilines is 1. The maximum Gasteiger partial charge on any atom is 0.573 e. The topological polar surface area (TPSA) is 82.7 Å². The number of amides is 1. The van der Waals surface area contributed by atoms with E-state index >= 15 is 0 Å². The van der Waals surface area contributed by atoms with Crippen LogP contribution in [0.4, 0.5) is 18.9 Å². The molecule has 8 nitrogen and oxygen atoms in total. The quantitative estimate of drug-likeness (QED) is 0.560. The number of ether oxygens (including phenoxy) is 2. The summed E-state index contributed by atoms with van der Waals surface area (Å²) in [6.45, 7) is 3.91. The first-order valence-electron chi connectivity index (χ1n) is 10.4. The molecule has 0 atom stereocenters. The van der Waals surface area contributed by atoms with Gasteiger partial charge in [-0.1, -0.05) is 0 Å². The molecule has 4 rings (SSSR count). The molecular formula is C22H24F3N5O3. The monoisotopic (exact) mass is 463 g/mol. The molecule has 2 N–H and O–H groups in total. The summed E-state index contributed by atoms with van der Waals surface area (Å²) in [6, 6.07) is 10.8. The van der Waals surface area contributed by atoms with Gasteiger partial charge in [0.25, 0.3) is 0 Å². The number of H-pyrrole nitrogens is 1. The van der Waals surface area contributed by atoms with E-state index in [0.29, 0.717) is 12.2 Å². The number of aromatic amines is 1. The lowest BCUT2D eigenvalue weighted by atomic mass is 10.3. The van der Waals surface area contributed by atoms with Gasteiger partial charge in [0.1, 0.15) is 17.3 Å². The first-order valence-corrected chi connectivity index (χ1v) is 10.4. The number of hydrogen-bond acceptors (Lipinski definition) is 6. The molecular weight excluding hydrogens is 439 g/mol. The number of nitrogens with one attached hydrogen (secondary N) is 2. The minimum Gasteiger partial charge on any atom is -0.497 e. The molecule has 1 amide bonds. The molecule has 0 radical (unpaired) electrons. The normalized spacial score (nSPS) is 15.5. The molecule has 1 saturated heterocycles. The Labute approximate surface area is 188 Å². The Morgan fingerprint density at radius 3 is 2.39 bits per heavy atom. The van der Waals surface area contributed by atoms with E-state index in [-0.39, 0.29) is 18.2 Å². The summed E-state index contributed by atoms with van der Waals surface area (Å²) < 4.78 is 45.8. The molecule has 0 saturated carbocycles. The first kappa shape index (κ1) is 22.9. The molecule has 0 bridgehead atoms. The molecule has 11 heteroatoms. The summed E-state index contributed by atoms with van der Waals surface area (Å²) >= 11 is 0. The molecule has 0 spiro atoms. The van der Waals surface area contributed by atoms with Crippen molar-refractivity contribution in [2.24, 2.45) is 0 Å². The number of piperazine rings is 1. The van der Waals surface area contributed by atoms with Crippen molar-refractivity contribution < 1.29 is 27.4 Å². The van der Waals surface area contributed by atoms with Crippen LogP contribution in [0.25, 0.3) is 11.0 Å². The van der Waals surface area contributed by atoms with E-state index in [9.17, 15) is 18.0 Å². The van der Waals surface area contributed by atoms with Gasteiger partial charge in [-0.15, -0.1) is 13.2 Å². The molecule has 2 heterocycles. The molecule has 0 aliphatic carbocycles. The van der Waals surface area contributed by atoms with Crippen molar-refractivity contribution in [3.8, 4) is 11.5 Å². The smallest absolute Gasteiger partial charge is 0.497 e. The summed E-state index contributed by atoms with van der Waals surface area (Å²) in [5, 5.41) is 2.70. The van der Waals surface area contributed by atoms with Crippen LogP contribution in [0.3, 0.4) is 0 Å². The number of rotatable bonds is 7. The summed E-state index contributed by atoms with van der Waals surface area (Å²) in [5.74, 6) is 1.09. The fourth-order valence-corrected chi connectivity index (χ4v) is 3.70. The zero-order valence-electron chi connectivity index (χ0n) is 18.0. The van der Waals surface area contributed by atoms with Crippen LogP contribution in [-0.4, -0.2) is 71.9 Å². The predicted octanol–water partition coefficient (Wildman–Crippen LogP) is 3.23. The number of aromatic nitrogens is 2. The average Bonchev–Trinajstić information content (AvgIpc) is 3.17. The van der Waals surface area contributed by atoms with Crippen LogP contribution in [0.1, 0.15) is 5.82 Å². The van der Waals surface area contributed by atoms with Gasteiger partial charge in [-0.25, -0.2) is 4.98 Å². The highest BCUT2D eigenvalue weighted by Gasteiger charge is 2.31. The summed E-state index contributed by atoms with van der Waals surface area (Å²) in [5.41, 5.74) is 2.23. The van der Waals surface area contributed by atoms with Gasteiger partial charge < -0.3 is 19.8 Å². The van der Waals surface area contributed by atoms with Crippen molar-refractivity contribution >= 4 is 22.6 Å². The number of methoxy groups -OCH3 is 1. The zero-order chi connectivity index (χ0) is 23.4. The summed E-state index contributed by atoms with van der Waals surface area (Å²) in [4.78, 5) is 24.6. The zero-order valence-corrected chi connectivity index (χ0v) is 18.0. The molecule has 1 aliphatic rings. The van der Waals surface area contributed by atoms with Crippen molar-refractivity contribution in [3.05, 3.63) is 48.3 Å². The average molecular weight is 463 g/mol. The first-order chi connectivity index (χ1) is 15.8. The maximum atomic E-state index is 12.3. The third-order valence-electron chi connectivity index (χ3n) is 5.32. The fraction of sp³-hybridized carbons (Fsp3) is 0.364. The number of fused-ring (bicyclic) bond motifs is 1. The van der Waals surface area contributed by atoms with E-state index in [1.807, 2.05) is 23.1 Å². The number of halogens is 3. The third-order valence-corrected chi connectivity index (χ3v) is 5.32. The maximum absolute atomic E-state index is 12.3. The van der Waals surface area contributed by atoms with E-state index in [0.717, 1.165) is 60.9 Å². The largest absolute Gasteiger partial charge is 0.573 e. The minimum absolute atomic E-state index is 0.207. The van der Waals surface area contributed by atoms with Crippen LogP contribution in [-0.2, 0) is 11.3 Å². The van der Waals surface area contributed by atoms with Crippen LogP contribution in [0.5, 0.6) is 11.5 Å². The second kappa shape index (κ2) is 9.67. The molecule has 1 aromatic heterocycles. The van der Waals surface area contributed by atoms with Gasteiger partial charge in [-0.3, -0.25) is 14.6 Å². The van der Waals surface area contributed by atoms with Crippen LogP contribution in [0.2, 0.25) is 0 Å². The van der Waals surface area contributed by atoms with Crippen molar-refractivity contribution in [2.45, 2.75) is 12.9 Å². The minimum atomic E-state index is -4.75. The number of benzene rings is 2. The van der Waals surface area contributed by atoms with Crippen molar-refractivity contribution in [1.29, 1.82) is 0 Å². The Hall–Kier alpha value is -3.31. The molecule has 176 valence electrons. The van der Waals surface area contributed by atoms with Crippen LogP contribution in [0, 0.1) is 0 Å². The number of alkyl halides is 3. The highest BCUT2D eigenvalue weighted by atomic mass is 19.4. The molecule has 33 heavy (non-hydrogen) atoms. The molecule has 1 fully saturated rings. The number of hydrogen-bond donors (Lipinski definition) is 2. The third kappa shape index (κ3) is 6.36. The van der Waals surface area contributed by atoms with E-state index in [2.05, 4.69) is 24.9 Å². The van der Waals surface area contributed by atoms with E-state index in [1.165, 1.54) is 12.1 Å².